The molecule has 0 radical (unpaired) electrons. The van der Waals surface area contributed by atoms with Gasteiger partial charge in [0.2, 0.25) is 5.78 Å². The second-order valence-corrected chi connectivity index (χ2v) is 8.92. The monoisotopic (exact) mass is 492 g/mol. The maximum absolute atomic E-state index is 13.2. The molecule has 1 N–H and O–H groups in total. The number of ketones is 1. The van der Waals surface area contributed by atoms with Gasteiger partial charge in [0.15, 0.2) is 12.3 Å². The summed E-state index contributed by atoms with van der Waals surface area (Å²) >= 11 is 0. The van der Waals surface area contributed by atoms with Crippen LogP contribution in [-0.4, -0.2) is 51.2 Å². The lowest BCUT2D eigenvalue weighted by Crippen LogP contribution is -2.16. The molecule has 0 amide bonds. The number of carbonyl (C=O) groups excluding carboxylic acids is 3. The number of nitrogens with zero attached hydrogens (tertiary/aromatic N) is 3. The Balaban J connectivity index is 1.68. The molecule has 188 valence electrons. The van der Waals surface area contributed by atoms with Crippen molar-refractivity contribution in [2.75, 3.05) is 13.7 Å². The minimum absolute atomic E-state index is 0.00554. The van der Waals surface area contributed by atoms with Crippen molar-refractivity contribution in [3.8, 4) is 11.3 Å². The highest BCUT2D eigenvalue weighted by Gasteiger charge is 2.25. The van der Waals surface area contributed by atoms with E-state index in [0.29, 0.717) is 39.3 Å². The van der Waals surface area contributed by atoms with Crippen molar-refractivity contribution in [2.45, 2.75) is 47.6 Å². The number of aromatic nitrogens is 4. The summed E-state index contributed by atoms with van der Waals surface area (Å²) in [4.78, 5) is 45.8. The molecule has 10 heteroatoms. The average Bonchev–Trinajstić information content (AvgIpc) is 3.50. The molecular formula is C26H28N4O6. The molecule has 4 aromatic heterocycles. The van der Waals surface area contributed by atoms with E-state index in [2.05, 4.69) is 10.1 Å². The number of carbonyl (C=O) groups is 3. The molecule has 4 heterocycles. The number of hydrogen-bond acceptors (Lipinski definition) is 8. The van der Waals surface area contributed by atoms with Gasteiger partial charge in [0, 0.05) is 17.3 Å². The largest absolute Gasteiger partial charge is 0.466 e. The zero-order valence-electron chi connectivity index (χ0n) is 21.3. The van der Waals surface area contributed by atoms with E-state index in [1.165, 1.54) is 7.11 Å². The highest BCUT2D eigenvalue weighted by Crippen LogP contribution is 2.30. The van der Waals surface area contributed by atoms with E-state index in [1.807, 2.05) is 33.8 Å². The first-order chi connectivity index (χ1) is 17.0. The number of Topliss-reactive ketones (excluding diaryl/α,β-unsaturated/α-hetero) is 1. The molecule has 0 fully saturated rings. The van der Waals surface area contributed by atoms with Gasteiger partial charge >= 0.3 is 11.9 Å². The van der Waals surface area contributed by atoms with Gasteiger partial charge in [0.25, 0.3) is 0 Å². The predicted octanol–water partition coefficient (Wildman–Crippen LogP) is 4.66. The number of ether oxygens (including phenoxy) is 2. The average molecular weight is 493 g/mol. The number of aromatic amines is 1. The van der Waals surface area contributed by atoms with Crippen LogP contribution in [-0.2, 0) is 9.47 Å². The van der Waals surface area contributed by atoms with Crippen LogP contribution in [0.15, 0.2) is 22.7 Å². The number of fused-ring (bicyclic) bond motifs is 1. The number of esters is 2. The number of rotatable bonds is 7. The third kappa shape index (κ3) is 4.30. The Kier molecular flexibility index (Phi) is 6.53. The molecule has 0 spiro atoms. The van der Waals surface area contributed by atoms with Crippen molar-refractivity contribution in [1.82, 2.24) is 19.7 Å². The van der Waals surface area contributed by atoms with Crippen molar-refractivity contribution < 1.29 is 28.3 Å². The predicted molar refractivity (Wildman–Crippen MR) is 131 cm³/mol. The van der Waals surface area contributed by atoms with Crippen LogP contribution in [0.25, 0.3) is 22.3 Å². The molecule has 0 aliphatic carbocycles. The maximum Gasteiger partial charge on any atom is 0.339 e. The standard InChI is InChI=1S/C26H28N4O6/c1-12(2)30-24-19(10-27-30)18(9-20(29-24)17-8-13(3)36-16(17)6)25(32)35-11-21(31)23-14(4)22(15(5)28-23)26(33)34-7/h8-10,12,28H,11H2,1-7H3. The normalized spacial score (nSPS) is 11.3. The van der Waals surface area contributed by atoms with E-state index in [4.69, 9.17) is 18.9 Å². The molecule has 0 saturated carbocycles. The lowest BCUT2D eigenvalue weighted by molar-refractivity contribution is 0.0475. The van der Waals surface area contributed by atoms with E-state index in [1.54, 1.807) is 30.8 Å². The molecule has 0 unspecified atom stereocenters. The highest BCUT2D eigenvalue weighted by molar-refractivity contribution is 6.06. The van der Waals surface area contributed by atoms with Gasteiger partial charge in [-0.3, -0.25) is 4.79 Å². The number of H-pyrrole nitrogens is 1. The van der Waals surface area contributed by atoms with Gasteiger partial charge < -0.3 is 18.9 Å². The molecule has 0 bridgehead atoms. The molecule has 4 aromatic rings. The van der Waals surface area contributed by atoms with E-state index >= 15 is 0 Å². The Morgan fingerprint density at radius 3 is 2.44 bits per heavy atom. The maximum atomic E-state index is 13.2. The summed E-state index contributed by atoms with van der Waals surface area (Å²) in [5, 5.41) is 4.92. The molecule has 10 nitrogen and oxygen atoms in total. The number of hydrogen-bond donors (Lipinski definition) is 1. The van der Waals surface area contributed by atoms with Gasteiger partial charge in [-0.25, -0.2) is 19.3 Å². The molecule has 0 aliphatic heterocycles. The number of methoxy groups -OCH3 is 1. The molecular weight excluding hydrogens is 464 g/mol. The number of aryl methyl sites for hydroxylation is 3. The molecule has 4 rings (SSSR count). The first-order valence-corrected chi connectivity index (χ1v) is 11.5. The Morgan fingerprint density at radius 2 is 1.83 bits per heavy atom. The van der Waals surface area contributed by atoms with Crippen LogP contribution in [0.4, 0.5) is 0 Å². The molecule has 0 saturated heterocycles. The zero-order valence-corrected chi connectivity index (χ0v) is 21.3. The van der Waals surface area contributed by atoms with Crippen LogP contribution >= 0.6 is 0 Å². The van der Waals surface area contributed by atoms with E-state index in [-0.39, 0.29) is 17.3 Å². The first kappa shape index (κ1) is 24.9. The van der Waals surface area contributed by atoms with Crippen LogP contribution in [0.1, 0.15) is 73.9 Å². The smallest absolute Gasteiger partial charge is 0.339 e. The first-order valence-electron chi connectivity index (χ1n) is 11.5. The Labute approximate surface area is 207 Å². The molecule has 36 heavy (non-hydrogen) atoms. The summed E-state index contributed by atoms with van der Waals surface area (Å²) in [5.74, 6) is -0.310. The minimum atomic E-state index is -0.688. The van der Waals surface area contributed by atoms with Crippen LogP contribution < -0.4 is 0 Å². The highest BCUT2D eigenvalue weighted by atomic mass is 16.5. The van der Waals surface area contributed by atoms with E-state index in [0.717, 1.165) is 11.3 Å². The Hall–Kier alpha value is -4.21. The van der Waals surface area contributed by atoms with Gasteiger partial charge in [-0.15, -0.1) is 0 Å². The number of pyridine rings is 1. The molecule has 0 aliphatic rings. The van der Waals surface area contributed by atoms with Crippen molar-refractivity contribution >= 4 is 28.8 Å². The summed E-state index contributed by atoms with van der Waals surface area (Å²) in [5.41, 5.74) is 3.48. The second-order valence-electron chi connectivity index (χ2n) is 8.92. The van der Waals surface area contributed by atoms with Crippen molar-refractivity contribution in [3.05, 3.63) is 57.9 Å². The summed E-state index contributed by atoms with van der Waals surface area (Å²) in [6, 6.07) is 3.48. The van der Waals surface area contributed by atoms with Gasteiger partial charge in [-0.05, 0) is 59.2 Å². The number of furan rings is 1. The van der Waals surface area contributed by atoms with Crippen LogP contribution in [0.2, 0.25) is 0 Å². The summed E-state index contributed by atoms with van der Waals surface area (Å²) in [6.07, 6.45) is 1.57. The Morgan fingerprint density at radius 1 is 1.11 bits per heavy atom. The Bertz CT molecular complexity index is 1500. The number of nitrogens with one attached hydrogen (secondary N) is 1. The molecule has 0 atom stereocenters. The lowest BCUT2D eigenvalue weighted by Gasteiger charge is -2.10. The summed E-state index contributed by atoms with van der Waals surface area (Å²) < 4.78 is 17.6. The van der Waals surface area contributed by atoms with E-state index in [9.17, 15) is 14.4 Å². The van der Waals surface area contributed by atoms with Gasteiger partial charge in [-0.2, -0.15) is 5.10 Å². The lowest BCUT2D eigenvalue weighted by atomic mass is 10.1. The van der Waals surface area contributed by atoms with Crippen LogP contribution in [0, 0.1) is 27.7 Å². The van der Waals surface area contributed by atoms with Crippen molar-refractivity contribution in [3.63, 3.8) is 0 Å². The fourth-order valence-corrected chi connectivity index (χ4v) is 4.31. The minimum Gasteiger partial charge on any atom is -0.466 e. The fourth-order valence-electron chi connectivity index (χ4n) is 4.31. The van der Waals surface area contributed by atoms with Crippen LogP contribution in [0.5, 0.6) is 0 Å². The third-order valence-electron chi connectivity index (χ3n) is 6.03. The fraction of sp³-hybridized carbons (Fsp3) is 0.346. The topological polar surface area (TPSA) is 129 Å². The summed E-state index contributed by atoms with van der Waals surface area (Å²) in [6.45, 7) is 10.4. The van der Waals surface area contributed by atoms with Gasteiger partial charge in [-0.1, -0.05) is 0 Å². The summed E-state index contributed by atoms with van der Waals surface area (Å²) in [7, 11) is 1.27. The quantitative estimate of drug-likeness (QED) is 0.291. The van der Waals surface area contributed by atoms with Gasteiger partial charge in [0.1, 0.15) is 11.5 Å². The third-order valence-corrected chi connectivity index (χ3v) is 6.03. The second kappa shape index (κ2) is 9.44. The SMILES string of the molecule is COC(=O)c1c(C)[nH]c(C(=O)COC(=O)c2cc(-c3cc(C)oc3C)nc3c2cnn3C(C)C)c1C. The zero-order chi connectivity index (χ0) is 26.3. The van der Waals surface area contributed by atoms with Gasteiger partial charge in [0.05, 0.1) is 41.2 Å². The van der Waals surface area contributed by atoms with Crippen LogP contribution in [0.3, 0.4) is 0 Å². The van der Waals surface area contributed by atoms with Crippen molar-refractivity contribution in [1.29, 1.82) is 0 Å². The van der Waals surface area contributed by atoms with Crippen molar-refractivity contribution in [2.24, 2.45) is 0 Å². The van der Waals surface area contributed by atoms with E-state index < -0.39 is 24.3 Å². The molecule has 0 aromatic carbocycles.